The Kier molecular flexibility index (Phi) is 3.92. The average Bonchev–Trinajstić information content (AvgIpc) is 3.19. The number of hydrogen-bond donors (Lipinski definition) is 1. The fourth-order valence-corrected chi connectivity index (χ4v) is 3.66. The normalized spacial score (nSPS) is 40.0. The molecule has 1 N–H and O–H groups in total. The van der Waals surface area contributed by atoms with Crippen LogP contribution in [0.5, 0.6) is 0 Å². The van der Waals surface area contributed by atoms with Crippen molar-refractivity contribution in [3.05, 3.63) is 0 Å². The second kappa shape index (κ2) is 5.48. The molecular formula is C15H29N3. The van der Waals surface area contributed by atoms with Gasteiger partial charge in [-0.25, -0.2) is 0 Å². The van der Waals surface area contributed by atoms with Gasteiger partial charge in [0.15, 0.2) is 0 Å². The van der Waals surface area contributed by atoms with E-state index >= 15 is 0 Å². The molecule has 3 heteroatoms. The summed E-state index contributed by atoms with van der Waals surface area (Å²) >= 11 is 0. The number of piperazine rings is 1. The quantitative estimate of drug-likeness (QED) is 0.821. The predicted octanol–water partition coefficient (Wildman–Crippen LogP) is 1.54. The number of rotatable bonds is 3. The molecule has 1 saturated carbocycles. The Balaban J connectivity index is 1.55. The van der Waals surface area contributed by atoms with E-state index in [-0.39, 0.29) is 0 Å². The summed E-state index contributed by atoms with van der Waals surface area (Å²) in [6.07, 6.45) is 7.16. The molecule has 0 aromatic carbocycles. The lowest BCUT2D eigenvalue weighted by Crippen LogP contribution is -2.59. The van der Waals surface area contributed by atoms with E-state index in [0.29, 0.717) is 0 Å². The first kappa shape index (κ1) is 12.9. The summed E-state index contributed by atoms with van der Waals surface area (Å²) in [7, 11) is 2.31. The van der Waals surface area contributed by atoms with Crippen molar-refractivity contribution >= 4 is 0 Å². The van der Waals surface area contributed by atoms with Crippen molar-refractivity contribution in [3.8, 4) is 0 Å². The van der Waals surface area contributed by atoms with Crippen molar-refractivity contribution in [1.82, 2.24) is 15.1 Å². The highest BCUT2D eigenvalue weighted by Gasteiger charge is 2.36. The van der Waals surface area contributed by atoms with Crippen LogP contribution in [-0.2, 0) is 0 Å². The molecule has 2 saturated heterocycles. The Morgan fingerprint density at radius 2 is 2.00 bits per heavy atom. The fraction of sp³-hybridized carbons (Fsp3) is 1.00. The topological polar surface area (TPSA) is 18.5 Å². The highest BCUT2D eigenvalue weighted by atomic mass is 15.3. The first-order valence-electron chi connectivity index (χ1n) is 7.91. The molecule has 3 aliphatic rings. The third kappa shape index (κ3) is 2.89. The number of nitrogens with one attached hydrogen (secondary N) is 1. The fourth-order valence-electron chi connectivity index (χ4n) is 3.66. The van der Waals surface area contributed by atoms with Crippen molar-refractivity contribution in [2.24, 2.45) is 5.92 Å². The van der Waals surface area contributed by atoms with E-state index in [2.05, 4.69) is 29.1 Å². The summed E-state index contributed by atoms with van der Waals surface area (Å²) in [4.78, 5) is 5.34. The maximum absolute atomic E-state index is 3.75. The number of piperidine rings is 1. The summed E-state index contributed by atoms with van der Waals surface area (Å²) in [5.74, 6) is 0.990. The van der Waals surface area contributed by atoms with E-state index in [1.165, 1.54) is 58.3 Å². The van der Waals surface area contributed by atoms with Crippen molar-refractivity contribution in [2.75, 3.05) is 33.2 Å². The van der Waals surface area contributed by atoms with Gasteiger partial charge >= 0.3 is 0 Å². The molecule has 3 atom stereocenters. The number of nitrogens with zero attached hydrogens (tertiary/aromatic N) is 2. The molecule has 3 rings (SSSR count). The standard InChI is InChI=1S/C15H29N3/c1-12-9-16-15(13-6-7-13)11-18(12)10-14-5-3-4-8-17(14)2/h12-16H,3-11H2,1-2H3. The van der Waals surface area contributed by atoms with E-state index < -0.39 is 0 Å². The SMILES string of the molecule is CC1CNC(C2CC2)CN1CC1CCCCN1C. The molecule has 0 aromatic rings. The molecule has 3 fully saturated rings. The van der Waals surface area contributed by atoms with Crippen LogP contribution < -0.4 is 5.32 Å². The van der Waals surface area contributed by atoms with Crippen molar-refractivity contribution in [1.29, 1.82) is 0 Å². The van der Waals surface area contributed by atoms with E-state index in [9.17, 15) is 0 Å². The smallest absolute Gasteiger partial charge is 0.0224 e. The largest absolute Gasteiger partial charge is 0.311 e. The molecule has 0 spiro atoms. The minimum absolute atomic E-state index is 0.718. The summed E-state index contributed by atoms with van der Waals surface area (Å²) < 4.78 is 0. The van der Waals surface area contributed by atoms with Crippen LogP contribution in [0.1, 0.15) is 39.0 Å². The van der Waals surface area contributed by atoms with Gasteiger partial charge in [0.2, 0.25) is 0 Å². The van der Waals surface area contributed by atoms with Crippen molar-refractivity contribution < 1.29 is 0 Å². The zero-order chi connectivity index (χ0) is 12.5. The summed E-state index contributed by atoms with van der Waals surface area (Å²) in [6.45, 7) is 7.46. The average molecular weight is 251 g/mol. The molecule has 2 heterocycles. The maximum atomic E-state index is 3.75. The minimum Gasteiger partial charge on any atom is -0.311 e. The van der Waals surface area contributed by atoms with Gasteiger partial charge in [-0.3, -0.25) is 4.90 Å². The highest BCUT2D eigenvalue weighted by molar-refractivity contribution is 4.94. The van der Waals surface area contributed by atoms with Gasteiger partial charge in [0.05, 0.1) is 0 Å². The summed E-state index contributed by atoms with van der Waals surface area (Å²) in [5, 5.41) is 3.75. The van der Waals surface area contributed by atoms with E-state index in [4.69, 9.17) is 0 Å². The van der Waals surface area contributed by atoms with Gasteiger partial charge in [0, 0.05) is 37.8 Å². The third-order valence-corrected chi connectivity index (χ3v) is 5.29. The van der Waals surface area contributed by atoms with Gasteiger partial charge in [0.25, 0.3) is 0 Å². The van der Waals surface area contributed by atoms with Crippen LogP contribution in [0, 0.1) is 5.92 Å². The van der Waals surface area contributed by atoms with Crippen molar-refractivity contribution in [2.45, 2.75) is 57.2 Å². The Labute approximate surface area is 112 Å². The summed E-state index contributed by atoms with van der Waals surface area (Å²) in [5.41, 5.74) is 0. The lowest BCUT2D eigenvalue weighted by Gasteiger charge is -2.43. The predicted molar refractivity (Wildman–Crippen MR) is 75.8 cm³/mol. The number of hydrogen-bond acceptors (Lipinski definition) is 3. The molecule has 0 amide bonds. The van der Waals surface area contributed by atoms with E-state index in [1.807, 2.05) is 0 Å². The molecule has 0 bridgehead atoms. The van der Waals surface area contributed by atoms with Gasteiger partial charge in [0.1, 0.15) is 0 Å². The first-order chi connectivity index (χ1) is 8.74. The molecule has 18 heavy (non-hydrogen) atoms. The van der Waals surface area contributed by atoms with Gasteiger partial charge < -0.3 is 10.2 Å². The van der Waals surface area contributed by atoms with Crippen LogP contribution >= 0.6 is 0 Å². The van der Waals surface area contributed by atoms with Crippen LogP contribution in [-0.4, -0.2) is 61.2 Å². The molecule has 0 aromatic heterocycles. The van der Waals surface area contributed by atoms with Crippen LogP contribution in [0.4, 0.5) is 0 Å². The lowest BCUT2D eigenvalue weighted by molar-refractivity contribution is 0.0753. The van der Waals surface area contributed by atoms with Gasteiger partial charge in [-0.1, -0.05) is 6.42 Å². The van der Waals surface area contributed by atoms with Gasteiger partial charge in [-0.15, -0.1) is 0 Å². The Bertz CT molecular complexity index is 277. The van der Waals surface area contributed by atoms with Crippen LogP contribution in [0.3, 0.4) is 0 Å². The van der Waals surface area contributed by atoms with Crippen LogP contribution in [0.2, 0.25) is 0 Å². The van der Waals surface area contributed by atoms with Gasteiger partial charge in [-0.05, 0) is 52.1 Å². The third-order valence-electron chi connectivity index (χ3n) is 5.29. The molecular weight excluding hydrogens is 222 g/mol. The van der Waals surface area contributed by atoms with Crippen molar-refractivity contribution in [3.63, 3.8) is 0 Å². The van der Waals surface area contributed by atoms with E-state index in [1.54, 1.807) is 0 Å². The molecule has 3 nitrogen and oxygen atoms in total. The Hall–Kier alpha value is -0.120. The molecule has 104 valence electrons. The van der Waals surface area contributed by atoms with Crippen LogP contribution in [0.25, 0.3) is 0 Å². The Morgan fingerprint density at radius 3 is 2.72 bits per heavy atom. The van der Waals surface area contributed by atoms with E-state index in [0.717, 1.165) is 24.0 Å². The highest BCUT2D eigenvalue weighted by Crippen LogP contribution is 2.34. The van der Waals surface area contributed by atoms with Crippen LogP contribution in [0.15, 0.2) is 0 Å². The zero-order valence-corrected chi connectivity index (χ0v) is 12.1. The lowest BCUT2D eigenvalue weighted by atomic mass is 10.00. The minimum atomic E-state index is 0.718. The molecule has 2 aliphatic heterocycles. The molecule has 1 aliphatic carbocycles. The monoisotopic (exact) mass is 251 g/mol. The number of likely N-dealkylation sites (N-methyl/N-ethyl adjacent to an activating group) is 1. The summed E-state index contributed by atoms with van der Waals surface area (Å²) in [6, 6.07) is 2.31. The first-order valence-corrected chi connectivity index (χ1v) is 7.91. The van der Waals surface area contributed by atoms with Gasteiger partial charge in [-0.2, -0.15) is 0 Å². The molecule has 0 radical (unpaired) electrons. The molecule has 3 unspecified atom stereocenters. The zero-order valence-electron chi connectivity index (χ0n) is 12.1. The Morgan fingerprint density at radius 1 is 1.17 bits per heavy atom. The second-order valence-electron chi connectivity index (χ2n) is 6.79. The maximum Gasteiger partial charge on any atom is 0.0224 e. The second-order valence-corrected chi connectivity index (χ2v) is 6.79. The number of likely N-dealkylation sites (tertiary alicyclic amines) is 1.